The second-order valence-corrected chi connectivity index (χ2v) is 4.23. The van der Waals surface area contributed by atoms with E-state index in [0.717, 1.165) is 5.56 Å². The molecule has 2 N–H and O–H groups in total. The van der Waals surface area contributed by atoms with E-state index in [9.17, 15) is 9.59 Å². The molecule has 1 atom stereocenters. The molecule has 5 nitrogen and oxygen atoms in total. The van der Waals surface area contributed by atoms with Gasteiger partial charge in [-0.15, -0.1) is 0 Å². The van der Waals surface area contributed by atoms with Gasteiger partial charge in [-0.05, 0) is 11.6 Å². The van der Waals surface area contributed by atoms with Gasteiger partial charge in [0.05, 0.1) is 6.54 Å². The maximum absolute atomic E-state index is 11.6. The molecule has 1 rings (SSSR count). The van der Waals surface area contributed by atoms with Crippen molar-refractivity contribution in [3.63, 3.8) is 0 Å². The van der Waals surface area contributed by atoms with E-state index in [-0.39, 0.29) is 19.1 Å². The van der Waals surface area contributed by atoms with Crippen LogP contribution in [0.15, 0.2) is 36.4 Å². The molecule has 0 saturated heterocycles. The Balaban J connectivity index is 2.41. The number of rotatable bonds is 7. The van der Waals surface area contributed by atoms with Crippen molar-refractivity contribution < 1.29 is 19.4 Å². The predicted molar refractivity (Wildman–Crippen MR) is 75.7 cm³/mol. The summed E-state index contributed by atoms with van der Waals surface area (Å²) in [4.78, 5) is 22.5. The van der Waals surface area contributed by atoms with Crippen molar-refractivity contribution in [2.45, 2.75) is 19.4 Å². The van der Waals surface area contributed by atoms with E-state index >= 15 is 0 Å². The third kappa shape index (κ3) is 6.70. The van der Waals surface area contributed by atoms with Crippen LogP contribution in [-0.2, 0) is 14.3 Å². The number of hydrogen-bond acceptors (Lipinski definition) is 4. The zero-order valence-corrected chi connectivity index (χ0v) is 11.4. The van der Waals surface area contributed by atoms with Gasteiger partial charge in [0.2, 0.25) is 5.91 Å². The molecule has 0 aliphatic heterocycles. The van der Waals surface area contributed by atoms with Gasteiger partial charge in [-0.2, -0.15) is 0 Å². The first-order valence-corrected chi connectivity index (χ1v) is 6.41. The Kier molecular flexibility index (Phi) is 7.06. The van der Waals surface area contributed by atoms with Gasteiger partial charge in [-0.3, -0.25) is 9.59 Å². The molecule has 0 spiro atoms. The van der Waals surface area contributed by atoms with Crippen LogP contribution in [0.25, 0.3) is 6.08 Å². The summed E-state index contributed by atoms with van der Waals surface area (Å²) >= 11 is 0. The molecular weight excluding hydrogens is 258 g/mol. The predicted octanol–water partition coefficient (Wildman–Crippen LogP) is 1.13. The largest absolute Gasteiger partial charge is 0.461 e. The molecule has 0 aliphatic rings. The zero-order chi connectivity index (χ0) is 14.8. The zero-order valence-electron chi connectivity index (χ0n) is 11.4. The molecule has 0 radical (unpaired) electrons. The number of hydrogen-bond donors (Lipinski definition) is 2. The standard InChI is InChI=1S/C15H19NO4/c1-12(18)20-14(9-10-17)11-16-15(19)8-7-13-5-3-2-4-6-13/h2-8,14,17H,9-11H2,1H3,(H,16,19). The maximum atomic E-state index is 11.6. The Morgan fingerprint density at radius 1 is 1.35 bits per heavy atom. The van der Waals surface area contributed by atoms with E-state index in [1.807, 2.05) is 30.3 Å². The van der Waals surface area contributed by atoms with Crippen LogP contribution in [0.4, 0.5) is 0 Å². The number of carbonyl (C=O) groups is 2. The average Bonchev–Trinajstić information content (AvgIpc) is 2.43. The molecule has 0 fully saturated rings. The monoisotopic (exact) mass is 277 g/mol. The highest BCUT2D eigenvalue weighted by Gasteiger charge is 2.11. The van der Waals surface area contributed by atoms with Gasteiger partial charge in [-0.25, -0.2) is 0 Å². The lowest BCUT2D eigenvalue weighted by Gasteiger charge is -2.15. The lowest BCUT2D eigenvalue weighted by atomic mass is 10.2. The van der Waals surface area contributed by atoms with E-state index in [1.54, 1.807) is 6.08 Å². The molecule has 20 heavy (non-hydrogen) atoms. The summed E-state index contributed by atoms with van der Waals surface area (Å²) < 4.78 is 4.97. The van der Waals surface area contributed by atoms with Crippen molar-refractivity contribution >= 4 is 18.0 Å². The number of aliphatic hydroxyl groups is 1. The minimum atomic E-state index is -0.508. The first-order valence-electron chi connectivity index (χ1n) is 6.41. The van der Waals surface area contributed by atoms with Crippen LogP contribution in [0.2, 0.25) is 0 Å². The lowest BCUT2D eigenvalue weighted by molar-refractivity contribution is -0.147. The molecule has 0 aromatic heterocycles. The van der Waals surface area contributed by atoms with Crippen LogP contribution in [0.5, 0.6) is 0 Å². The fourth-order valence-corrected chi connectivity index (χ4v) is 1.59. The average molecular weight is 277 g/mol. The Hall–Kier alpha value is -2.14. The summed E-state index contributed by atoms with van der Waals surface area (Å²) in [5.74, 6) is -0.707. The fraction of sp³-hybridized carbons (Fsp3) is 0.333. The Morgan fingerprint density at radius 2 is 2.05 bits per heavy atom. The van der Waals surface area contributed by atoms with Crippen LogP contribution in [0.3, 0.4) is 0 Å². The topological polar surface area (TPSA) is 75.6 Å². The molecule has 0 saturated carbocycles. The molecule has 1 aromatic rings. The molecule has 1 aromatic carbocycles. The van der Waals surface area contributed by atoms with E-state index in [2.05, 4.69) is 5.32 Å². The summed E-state index contributed by atoms with van der Waals surface area (Å²) in [5, 5.41) is 11.5. The molecular formula is C15H19NO4. The van der Waals surface area contributed by atoms with Crippen molar-refractivity contribution in [2.24, 2.45) is 0 Å². The maximum Gasteiger partial charge on any atom is 0.302 e. The molecule has 1 amide bonds. The van der Waals surface area contributed by atoms with E-state index < -0.39 is 12.1 Å². The van der Waals surface area contributed by atoms with E-state index in [4.69, 9.17) is 9.84 Å². The van der Waals surface area contributed by atoms with Gasteiger partial charge < -0.3 is 15.2 Å². The van der Waals surface area contributed by atoms with Gasteiger partial charge in [-0.1, -0.05) is 30.3 Å². The minimum absolute atomic E-state index is 0.104. The van der Waals surface area contributed by atoms with Gasteiger partial charge >= 0.3 is 5.97 Å². The molecule has 0 aliphatic carbocycles. The normalized spacial score (nSPS) is 12.1. The lowest BCUT2D eigenvalue weighted by Crippen LogP contribution is -2.34. The summed E-state index contributed by atoms with van der Waals surface area (Å²) in [7, 11) is 0. The summed E-state index contributed by atoms with van der Waals surface area (Å²) in [6.45, 7) is 1.37. The summed E-state index contributed by atoms with van der Waals surface area (Å²) in [6.07, 6.45) is 2.90. The molecule has 0 bridgehead atoms. The summed E-state index contributed by atoms with van der Waals surface area (Å²) in [5.41, 5.74) is 0.926. The minimum Gasteiger partial charge on any atom is -0.461 e. The highest BCUT2D eigenvalue weighted by atomic mass is 16.5. The van der Waals surface area contributed by atoms with Gasteiger partial charge in [0.1, 0.15) is 6.10 Å². The second kappa shape index (κ2) is 8.87. The van der Waals surface area contributed by atoms with Crippen molar-refractivity contribution in [3.8, 4) is 0 Å². The third-order valence-electron chi connectivity index (χ3n) is 2.51. The first-order chi connectivity index (χ1) is 9.61. The van der Waals surface area contributed by atoms with Crippen LogP contribution < -0.4 is 5.32 Å². The van der Waals surface area contributed by atoms with Crippen molar-refractivity contribution in [1.29, 1.82) is 0 Å². The van der Waals surface area contributed by atoms with Crippen molar-refractivity contribution in [3.05, 3.63) is 42.0 Å². The van der Waals surface area contributed by atoms with Crippen molar-refractivity contribution in [1.82, 2.24) is 5.32 Å². The summed E-state index contributed by atoms with van der Waals surface area (Å²) in [6, 6.07) is 9.44. The highest BCUT2D eigenvalue weighted by Crippen LogP contribution is 2.01. The van der Waals surface area contributed by atoms with E-state index in [1.165, 1.54) is 13.0 Å². The number of aliphatic hydroxyl groups excluding tert-OH is 1. The smallest absolute Gasteiger partial charge is 0.302 e. The molecule has 1 unspecified atom stereocenters. The highest BCUT2D eigenvalue weighted by molar-refractivity contribution is 5.91. The quantitative estimate of drug-likeness (QED) is 0.578. The van der Waals surface area contributed by atoms with Gasteiger partial charge in [0, 0.05) is 26.0 Å². The number of ether oxygens (including phenoxy) is 1. The second-order valence-electron chi connectivity index (χ2n) is 4.23. The Bertz CT molecular complexity index is 456. The molecule has 5 heteroatoms. The molecule has 108 valence electrons. The number of amides is 1. The molecule has 0 heterocycles. The fourth-order valence-electron chi connectivity index (χ4n) is 1.59. The Labute approximate surface area is 118 Å². The number of nitrogens with one attached hydrogen (secondary N) is 1. The van der Waals surface area contributed by atoms with Crippen molar-refractivity contribution in [2.75, 3.05) is 13.2 Å². The number of esters is 1. The van der Waals surface area contributed by atoms with Crippen LogP contribution >= 0.6 is 0 Å². The third-order valence-corrected chi connectivity index (χ3v) is 2.51. The van der Waals surface area contributed by atoms with Gasteiger partial charge in [0.25, 0.3) is 0 Å². The Morgan fingerprint density at radius 3 is 2.65 bits per heavy atom. The van der Waals surface area contributed by atoms with Crippen LogP contribution in [0.1, 0.15) is 18.9 Å². The van der Waals surface area contributed by atoms with Crippen LogP contribution in [0, 0.1) is 0 Å². The van der Waals surface area contributed by atoms with E-state index in [0.29, 0.717) is 6.42 Å². The van der Waals surface area contributed by atoms with Gasteiger partial charge in [0.15, 0.2) is 0 Å². The number of benzene rings is 1. The SMILES string of the molecule is CC(=O)OC(CCO)CNC(=O)C=Cc1ccccc1. The van der Waals surface area contributed by atoms with Crippen LogP contribution in [-0.4, -0.2) is 36.2 Å². The number of carbonyl (C=O) groups excluding carboxylic acids is 2. The first kappa shape index (κ1) is 15.9.